The molecule has 2 heterocycles. The largest absolute Gasteiger partial charge is 0.486 e. The third kappa shape index (κ3) is 4.45. The van der Waals surface area contributed by atoms with Crippen LogP contribution in [0.2, 0.25) is 0 Å². The molecule has 0 radical (unpaired) electrons. The molecule has 6 nitrogen and oxygen atoms in total. The molecule has 3 aromatic rings. The molecule has 0 bridgehead atoms. The first-order chi connectivity index (χ1) is 14.9. The van der Waals surface area contributed by atoms with Crippen molar-refractivity contribution in [3.05, 3.63) is 82.9 Å². The zero-order valence-electron chi connectivity index (χ0n) is 17.3. The van der Waals surface area contributed by atoms with E-state index in [9.17, 15) is 14.0 Å². The van der Waals surface area contributed by atoms with Crippen LogP contribution in [-0.2, 0) is 11.3 Å². The van der Waals surface area contributed by atoms with Gasteiger partial charge in [0.05, 0.1) is 12.1 Å². The molecule has 0 aliphatic carbocycles. The Hall–Kier alpha value is -3.61. The molecule has 160 valence electrons. The van der Waals surface area contributed by atoms with Crippen molar-refractivity contribution in [2.24, 2.45) is 0 Å². The molecular formula is C24H22FNO5. The van der Waals surface area contributed by atoms with Gasteiger partial charge in [-0.2, -0.15) is 0 Å². The first kappa shape index (κ1) is 20.7. The summed E-state index contributed by atoms with van der Waals surface area (Å²) in [5.41, 5.74) is 2.18. The van der Waals surface area contributed by atoms with E-state index in [2.05, 4.69) is 0 Å². The minimum atomic E-state index is -0.743. The van der Waals surface area contributed by atoms with Gasteiger partial charge >= 0.3 is 5.97 Å². The van der Waals surface area contributed by atoms with Gasteiger partial charge in [-0.05, 0) is 50.2 Å². The van der Waals surface area contributed by atoms with Gasteiger partial charge in [-0.3, -0.25) is 4.79 Å². The number of para-hydroxylation sites is 2. The van der Waals surface area contributed by atoms with E-state index in [4.69, 9.17) is 14.2 Å². The molecule has 1 unspecified atom stereocenters. The van der Waals surface area contributed by atoms with E-state index in [-0.39, 0.29) is 17.5 Å². The van der Waals surface area contributed by atoms with Gasteiger partial charge in [0.1, 0.15) is 12.4 Å². The van der Waals surface area contributed by atoms with Gasteiger partial charge in [-0.15, -0.1) is 0 Å². The summed E-state index contributed by atoms with van der Waals surface area (Å²) in [5.74, 6) is -0.193. The second-order valence-corrected chi connectivity index (χ2v) is 7.40. The lowest BCUT2D eigenvalue weighted by molar-refractivity contribution is 0.0474. The normalized spacial score (nSPS) is 14.9. The molecule has 0 fully saturated rings. The Morgan fingerprint density at radius 2 is 1.87 bits per heavy atom. The number of Topliss-reactive ketones (excluding diaryl/α,β-unsaturated/α-hetero) is 1. The lowest BCUT2D eigenvalue weighted by atomic mass is 10.1. The van der Waals surface area contributed by atoms with Crippen LogP contribution in [0.15, 0.2) is 54.6 Å². The number of aromatic nitrogens is 1. The van der Waals surface area contributed by atoms with Crippen LogP contribution >= 0.6 is 0 Å². The topological polar surface area (TPSA) is 66.8 Å². The van der Waals surface area contributed by atoms with Crippen molar-refractivity contribution in [3.63, 3.8) is 0 Å². The Morgan fingerprint density at radius 1 is 1.10 bits per heavy atom. The van der Waals surface area contributed by atoms with E-state index in [1.165, 1.54) is 18.2 Å². The van der Waals surface area contributed by atoms with Crippen molar-refractivity contribution < 1.29 is 28.2 Å². The fourth-order valence-corrected chi connectivity index (χ4v) is 3.63. The summed E-state index contributed by atoms with van der Waals surface area (Å²) >= 11 is 0. The molecule has 0 amide bonds. The molecular weight excluding hydrogens is 401 g/mol. The highest BCUT2D eigenvalue weighted by Crippen LogP contribution is 2.31. The number of aryl methyl sites for hydroxylation is 1. The number of nitrogens with zero attached hydrogens (tertiary/aromatic N) is 1. The summed E-state index contributed by atoms with van der Waals surface area (Å²) < 4.78 is 32.1. The van der Waals surface area contributed by atoms with Crippen LogP contribution in [0.25, 0.3) is 0 Å². The summed E-state index contributed by atoms with van der Waals surface area (Å²) in [6, 6.07) is 14.4. The summed E-state index contributed by atoms with van der Waals surface area (Å²) in [5, 5.41) is 0. The highest BCUT2D eigenvalue weighted by molar-refractivity contribution is 6.00. The van der Waals surface area contributed by atoms with Crippen LogP contribution in [0.3, 0.4) is 0 Å². The molecule has 0 saturated carbocycles. The molecule has 1 aromatic heterocycles. The van der Waals surface area contributed by atoms with Crippen LogP contribution in [0.1, 0.15) is 32.1 Å². The van der Waals surface area contributed by atoms with E-state index >= 15 is 0 Å². The molecule has 31 heavy (non-hydrogen) atoms. The molecule has 4 rings (SSSR count). The molecule has 7 heteroatoms. The van der Waals surface area contributed by atoms with Gasteiger partial charge in [-0.25, -0.2) is 9.18 Å². The van der Waals surface area contributed by atoms with Crippen molar-refractivity contribution in [1.29, 1.82) is 0 Å². The summed E-state index contributed by atoms with van der Waals surface area (Å²) in [4.78, 5) is 24.7. The van der Waals surface area contributed by atoms with E-state index in [1.54, 1.807) is 6.07 Å². The van der Waals surface area contributed by atoms with Crippen LogP contribution in [0.4, 0.5) is 4.39 Å². The van der Waals surface area contributed by atoms with Crippen molar-refractivity contribution >= 4 is 11.8 Å². The average Bonchev–Trinajstić information content (AvgIpc) is 3.05. The van der Waals surface area contributed by atoms with Crippen LogP contribution in [0.5, 0.6) is 11.5 Å². The number of hydrogen-bond donors (Lipinski definition) is 0. The molecule has 1 atom stereocenters. The number of rotatable bonds is 6. The van der Waals surface area contributed by atoms with Crippen molar-refractivity contribution in [3.8, 4) is 11.5 Å². The summed E-state index contributed by atoms with van der Waals surface area (Å²) in [7, 11) is 0. The second kappa shape index (κ2) is 8.63. The molecule has 0 saturated heterocycles. The zero-order valence-corrected chi connectivity index (χ0v) is 17.3. The maximum atomic E-state index is 13.3. The van der Waals surface area contributed by atoms with Crippen LogP contribution in [0, 0.1) is 19.7 Å². The third-order valence-corrected chi connectivity index (χ3v) is 5.22. The highest BCUT2D eigenvalue weighted by Gasteiger charge is 2.24. The summed E-state index contributed by atoms with van der Waals surface area (Å²) in [6.07, 6.45) is -0.201. The predicted octanol–water partition coefficient (Wildman–Crippen LogP) is 4.12. The van der Waals surface area contributed by atoms with Gasteiger partial charge < -0.3 is 18.8 Å². The first-order valence-electron chi connectivity index (χ1n) is 9.93. The zero-order chi connectivity index (χ0) is 22.0. The number of carbonyl (C=O) groups excluding carboxylic acids is 2. The van der Waals surface area contributed by atoms with E-state index in [1.807, 2.05) is 42.7 Å². The van der Waals surface area contributed by atoms with Crippen LogP contribution in [-0.4, -0.2) is 35.6 Å². The SMILES string of the molecule is Cc1cc(C(=O)COC(=O)c2cccc(F)c2)c(C)n1CC1COc2ccccc2O1. The number of halogens is 1. The Bertz CT molecular complexity index is 1140. The van der Waals surface area contributed by atoms with Crippen molar-refractivity contribution in [1.82, 2.24) is 4.57 Å². The monoisotopic (exact) mass is 423 g/mol. The molecule has 1 aliphatic rings. The highest BCUT2D eigenvalue weighted by atomic mass is 19.1. The molecule has 0 spiro atoms. The minimum Gasteiger partial charge on any atom is -0.486 e. The lowest BCUT2D eigenvalue weighted by Crippen LogP contribution is -2.33. The maximum absolute atomic E-state index is 13.3. The van der Waals surface area contributed by atoms with Gasteiger partial charge in [0, 0.05) is 17.0 Å². The Kier molecular flexibility index (Phi) is 5.75. The Balaban J connectivity index is 1.42. The number of ketones is 1. The fraction of sp³-hybridized carbons (Fsp3) is 0.250. The molecule has 0 N–H and O–H groups in total. The third-order valence-electron chi connectivity index (χ3n) is 5.22. The second-order valence-electron chi connectivity index (χ2n) is 7.40. The van der Waals surface area contributed by atoms with Crippen LogP contribution < -0.4 is 9.47 Å². The number of ether oxygens (including phenoxy) is 3. The Labute approximate surface area is 179 Å². The Morgan fingerprint density at radius 3 is 2.65 bits per heavy atom. The van der Waals surface area contributed by atoms with E-state index in [0.717, 1.165) is 23.2 Å². The van der Waals surface area contributed by atoms with E-state index < -0.39 is 18.4 Å². The summed E-state index contributed by atoms with van der Waals surface area (Å²) in [6.45, 7) is 4.24. The quantitative estimate of drug-likeness (QED) is 0.441. The smallest absolute Gasteiger partial charge is 0.338 e. The van der Waals surface area contributed by atoms with Gasteiger partial charge in [0.15, 0.2) is 24.2 Å². The average molecular weight is 423 g/mol. The van der Waals surface area contributed by atoms with Crippen molar-refractivity contribution in [2.45, 2.75) is 26.5 Å². The molecule has 2 aromatic carbocycles. The number of hydrogen-bond acceptors (Lipinski definition) is 5. The molecule has 1 aliphatic heterocycles. The predicted molar refractivity (Wildman–Crippen MR) is 111 cm³/mol. The van der Waals surface area contributed by atoms with Gasteiger partial charge in [0.2, 0.25) is 5.78 Å². The number of esters is 1. The number of carbonyl (C=O) groups is 2. The first-order valence-corrected chi connectivity index (χ1v) is 9.93. The number of fused-ring (bicyclic) bond motifs is 1. The van der Waals surface area contributed by atoms with Gasteiger partial charge in [0.25, 0.3) is 0 Å². The van der Waals surface area contributed by atoms with Gasteiger partial charge in [-0.1, -0.05) is 18.2 Å². The lowest BCUT2D eigenvalue weighted by Gasteiger charge is -2.27. The van der Waals surface area contributed by atoms with E-state index in [0.29, 0.717) is 24.5 Å². The standard InChI is InChI=1S/C24H22FNO5/c1-15-10-20(21(27)14-30-24(28)17-6-5-7-18(25)11-17)16(2)26(15)12-19-13-29-22-8-3-4-9-23(22)31-19/h3-11,19H,12-14H2,1-2H3. The number of benzene rings is 2. The fourth-order valence-electron chi connectivity index (χ4n) is 3.63. The van der Waals surface area contributed by atoms with Crippen molar-refractivity contribution in [2.75, 3.05) is 13.2 Å². The maximum Gasteiger partial charge on any atom is 0.338 e. The minimum absolute atomic E-state index is 0.0630.